The van der Waals surface area contributed by atoms with Crippen LogP contribution < -0.4 is 5.32 Å². The number of nitrogens with one attached hydrogen (secondary N) is 1. The van der Waals surface area contributed by atoms with E-state index in [1.54, 1.807) is 0 Å². The molecule has 1 saturated carbocycles. The number of hydrogen-bond donors (Lipinski definition) is 1. The Morgan fingerprint density at radius 1 is 1.32 bits per heavy atom. The fraction of sp³-hybridized carbons (Fsp3) is 0.938. The zero-order valence-electron chi connectivity index (χ0n) is 13.1. The van der Waals surface area contributed by atoms with Crippen LogP contribution in [0.4, 0.5) is 0 Å². The van der Waals surface area contributed by atoms with Crippen LogP contribution in [0.1, 0.15) is 66.2 Å². The van der Waals surface area contributed by atoms with E-state index in [9.17, 15) is 4.79 Å². The third kappa shape index (κ3) is 4.79. The molecule has 0 radical (unpaired) electrons. The highest BCUT2D eigenvalue weighted by atomic mass is 16.5. The highest BCUT2D eigenvalue weighted by molar-refractivity contribution is 5.81. The molecule has 0 aromatic carbocycles. The van der Waals surface area contributed by atoms with E-state index in [-0.39, 0.29) is 5.97 Å². The molecule has 19 heavy (non-hydrogen) atoms. The minimum Gasteiger partial charge on any atom is -0.465 e. The molecule has 0 spiro atoms. The minimum atomic E-state index is -0.412. The Kier molecular flexibility index (Phi) is 6.84. The molecular formula is C16H31NO2. The van der Waals surface area contributed by atoms with E-state index in [2.05, 4.69) is 26.1 Å². The Labute approximate surface area is 118 Å². The molecule has 3 nitrogen and oxygen atoms in total. The Bertz CT molecular complexity index is 268. The van der Waals surface area contributed by atoms with Gasteiger partial charge in [0.05, 0.1) is 6.61 Å². The molecule has 1 rings (SSSR count). The molecule has 1 fully saturated rings. The molecule has 0 aromatic heterocycles. The Balaban J connectivity index is 2.64. The predicted molar refractivity (Wildman–Crippen MR) is 79.1 cm³/mol. The zero-order chi connectivity index (χ0) is 14.3. The first kappa shape index (κ1) is 16.5. The first-order valence-corrected chi connectivity index (χ1v) is 7.96. The molecule has 0 aliphatic heterocycles. The number of carbonyl (C=O) groups excluding carboxylic acids is 1. The van der Waals surface area contributed by atoms with E-state index < -0.39 is 5.54 Å². The molecule has 0 unspecified atom stereocenters. The smallest absolute Gasteiger partial charge is 0.326 e. The standard InChI is InChI=1S/C16H31NO2/c1-5-7-14-8-10-16(11-9-14,15(18)19-6-2)17-12-13(3)4/h13-14,17H,5-12H2,1-4H3. The summed E-state index contributed by atoms with van der Waals surface area (Å²) in [5, 5.41) is 3.51. The molecule has 0 bridgehead atoms. The van der Waals surface area contributed by atoms with Gasteiger partial charge < -0.3 is 10.1 Å². The van der Waals surface area contributed by atoms with Gasteiger partial charge in [0.2, 0.25) is 0 Å². The summed E-state index contributed by atoms with van der Waals surface area (Å²) in [4.78, 5) is 12.3. The van der Waals surface area contributed by atoms with E-state index in [0.29, 0.717) is 12.5 Å². The van der Waals surface area contributed by atoms with Gasteiger partial charge in [0.25, 0.3) is 0 Å². The molecule has 0 aromatic rings. The normalized spacial score (nSPS) is 27.5. The van der Waals surface area contributed by atoms with Gasteiger partial charge in [-0.2, -0.15) is 0 Å². The fourth-order valence-electron chi connectivity index (χ4n) is 2.99. The van der Waals surface area contributed by atoms with Gasteiger partial charge in [-0.1, -0.05) is 33.6 Å². The van der Waals surface area contributed by atoms with Crippen molar-refractivity contribution in [3.63, 3.8) is 0 Å². The summed E-state index contributed by atoms with van der Waals surface area (Å²) in [6, 6.07) is 0. The molecule has 3 heteroatoms. The number of rotatable bonds is 7. The number of hydrogen-bond acceptors (Lipinski definition) is 3. The summed E-state index contributed by atoms with van der Waals surface area (Å²) in [6.07, 6.45) is 6.71. The summed E-state index contributed by atoms with van der Waals surface area (Å²) >= 11 is 0. The van der Waals surface area contributed by atoms with Crippen molar-refractivity contribution < 1.29 is 9.53 Å². The maximum absolute atomic E-state index is 12.3. The lowest BCUT2D eigenvalue weighted by Gasteiger charge is -2.39. The van der Waals surface area contributed by atoms with Crippen molar-refractivity contribution in [1.82, 2.24) is 5.32 Å². The number of carbonyl (C=O) groups is 1. The largest absolute Gasteiger partial charge is 0.465 e. The van der Waals surface area contributed by atoms with Crippen LogP contribution >= 0.6 is 0 Å². The highest BCUT2D eigenvalue weighted by Crippen LogP contribution is 2.35. The average molecular weight is 269 g/mol. The van der Waals surface area contributed by atoms with Crippen LogP contribution in [-0.2, 0) is 9.53 Å². The van der Waals surface area contributed by atoms with Gasteiger partial charge in [0, 0.05) is 0 Å². The quantitative estimate of drug-likeness (QED) is 0.719. The molecule has 1 aliphatic carbocycles. The first-order valence-electron chi connectivity index (χ1n) is 7.96. The Morgan fingerprint density at radius 2 is 1.95 bits per heavy atom. The van der Waals surface area contributed by atoms with Crippen molar-refractivity contribution in [2.24, 2.45) is 11.8 Å². The predicted octanol–water partition coefficient (Wildman–Crippen LogP) is 3.52. The molecule has 0 atom stereocenters. The molecule has 0 amide bonds. The van der Waals surface area contributed by atoms with E-state index in [1.807, 2.05) is 6.92 Å². The van der Waals surface area contributed by atoms with Crippen LogP contribution in [0, 0.1) is 11.8 Å². The SMILES string of the molecule is CCCC1CCC(NCC(C)C)(C(=O)OCC)CC1. The van der Waals surface area contributed by atoms with Crippen LogP contribution in [0.5, 0.6) is 0 Å². The molecule has 0 saturated heterocycles. The Hall–Kier alpha value is -0.570. The topological polar surface area (TPSA) is 38.3 Å². The highest BCUT2D eigenvalue weighted by Gasteiger charge is 2.42. The summed E-state index contributed by atoms with van der Waals surface area (Å²) < 4.78 is 5.31. The monoisotopic (exact) mass is 269 g/mol. The molecular weight excluding hydrogens is 238 g/mol. The van der Waals surface area contributed by atoms with Gasteiger partial charge in [0.1, 0.15) is 5.54 Å². The third-order valence-electron chi connectivity index (χ3n) is 4.17. The van der Waals surface area contributed by atoms with Gasteiger partial charge in [0.15, 0.2) is 0 Å². The van der Waals surface area contributed by atoms with Crippen LogP contribution in [0.25, 0.3) is 0 Å². The van der Waals surface area contributed by atoms with Crippen LogP contribution in [0.3, 0.4) is 0 Å². The summed E-state index contributed by atoms with van der Waals surface area (Å²) in [5.41, 5.74) is -0.412. The van der Waals surface area contributed by atoms with Crippen molar-refractivity contribution >= 4 is 5.97 Å². The second-order valence-electron chi connectivity index (χ2n) is 6.31. The van der Waals surface area contributed by atoms with Crippen molar-refractivity contribution in [1.29, 1.82) is 0 Å². The van der Waals surface area contributed by atoms with Gasteiger partial charge in [-0.3, -0.25) is 4.79 Å². The minimum absolute atomic E-state index is 0.0365. The number of esters is 1. The number of ether oxygens (including phenoxy) is 1. The second kappa shape index (κ2) is 7.88. The first-order chi connectivity index (χ1) is 9.04. The lowest BCUT2D eigenvalue weighted by Crippen LogP contribution is -2.56. The van der Waals surface area contributed by atoms with Gasteiger partial charge in [-0.15, -0.1) is 0 Å². The Morgan fingerprint density at radius 3 is 2.42 bits per heavy atom. The van der Waals surface area contributed by atoms with E-state index in [1.165, 1.54) is 12.8 Å². The van der Waals surface area contributed by atoms with E-state index in [0.717, 1.165) is 38.1 Å². The van der Waals surface area contributed by atoms with Crippen molar-refractivity contribution in [2.45, 2.75) is 71.8 Å². The van der Waals surface area contributed by atoms with Crippen molar-refractivity contribution in [2.75, 3.05) is 13.2 Å². The second-order valence-corrected chi connectivity index (χ2v) is 6.31. The summed E-state index contributed by atoms with van der Waals surface area (Å²) in [5.74, 6) is 1.32. The van der Waals surface area contributed by atoms with Crippen LogP contribution in [-0.4, -0.2) is 24.7 Å². The van der Waals surface area contributed by atoms with Gasteiger partial charge >= 0.3 is 5.97 Å². The van der Waals surface area contributed by atoms with Crippen LogP contribution in [0.2, 0.25) is 0 Å². The van der Waals surface area contributed by atoms with Crippen molar-refractivity contribution in [3.8, 4) is 0 Å². The van der Waals surface area contributed by atoms with Gasteiger partial charge in [-0.25, -0.2) is 0 Å². The molecule has 0 heterocycles. The molecule has 112 valence electrons. The van der Waals surface area contributed by atoms with Crippen molar-refractivity contribution in [3.05, 3.63) is 0 Å². The summed E-state index contributed by atoms with van der Waals surface area (Å²) in [6.45, 7) is 9.84. The maximum Gasteiger partial charge on any atom is 0.326 e. The van der Waals surface area contributed by atoms with E-state index in [4.69, 9.17) is 4.74 Å². The molecule has 1 aliphatic rings. The average Bonchev–Trinajstić information content (AvgIpc) is 2.39. The fourth-order valence-corrected chi connectivity index (χ4v) is 2.99. The van der Waals surface area contributed by atoms with Crippen LogP contribution in [0.15, 0.2) is 0 Å². The zero-order valence-corrected chi connectivity index (χ0v) is 13.1. The summed E-state index contributed by atoms with van der Waals surface area (Å²) in [7, 11) is 0. The maximum atomic E-state index is 12.3. The van der Waals surface area contributed by atoms with E-state index >= 15 is 0 Å². The lowest BCUT2D eigenvalue weighted by molar-refractivity contribution is -0.153. The van der Waals surface area contributed by atoms with Gasteiger partial charge in [-0.05, 0) is 51.0 Å². The molecule has 1 N–H and O–H groups in total. The third-order valence-corrected chi connectivity index (χ3v) is 4.17. The lowest BCUT2D eigenvalue weighted by atomic mass is 9.75.